The van der Waals surface area contributed by atoms with Gasteiger partial charge in [0.05, 0.1) is 0 Å². The van der Waals surface area contributed by atoms with Crippen LogP contribution in [0.4, 0.5) is 4.39 Å². The molecule has 0 radical (unpaired) electrons. The number of rotatable bonds is 5. The normalized spacial score (nSPS) is 15.9. The van der Waals surface area contributed by atoms with Crippen LogP contribution >= 0.6 is 11.6 Å². The van der Waals surface area contributed by atoms with Crippen LogP contribution in [0.1, 0.15) is 24.0 Å². The summed E-state index contributed by atoms with van der Waals surface area (Å²) >= 11 is 6.11. The SMILES string of the molecule is O=C(NCc1ccccc1Cl)C1CCN(Cc2ccccc2F)CC1. The van der Waals surface area contributed by atoms with Crippen LogP contribution in [-0.2, 0) is 17.9 Å². The van der Waals surface area contributed by atoms with Gasteiger partial charge in [0.15, 0.2) is 0 Å². The Kier molecular flexibility index (Phi) is 6.05. The highest BCUT2D eigenvalue weighted by Crippen LogP contribution is 2.21. The summed E-state index contributed by atoms with van der Waals surface area (Å²) in [5, 5.41) is 3.65. The van der Waals surface area contributed by atoms with Gasteiger partial charge in [0.2, 0.25) is 5.91 Å². The number of benzene rings is 2. The van der Waals surface area contributed by atoms with Crippen molar-refractivity contribution in [1.82, 2.24) is 10.2 Å². The number of piperidine rings is 1. The maximum Gasteiger partial charge on any atom is 0.223 e. The minimum atomic E-state index is -0.165. The Morgan fingerprint density at radius 3 is 2.40 bits per heavy atom. The molecule has 1 fully saturated rings. The molecule has 1 N–H and O–H groups in total. The molecule has 132 valence electrons. The molecule has 0 unspecified atom stereocenters. The van der Waals surface area contributed by atoms with Gasteiger partial charge in [-0.25, -0.2) is 4.39 Å². The van der Waals surface area contributed by atoms with Crippen molar-refractivity contribution in [2.45, 2.75) is 25.9 Å². The van der Waals surface area contributed by atoms with Crippen LogP contribution in [0.25, 0.3) is 0 Å². The number of halogens is 2. The van der Waals surface area contributed by atoms with E-state index in [1.807, 2.05) is 36.4 Å². The van der Waals surface area contributed by atoms with Gasteiger partial charge in [-0.1, -0.05) is 48.0 Å². The second-order valence-corrected chi connectivity index (χ2v) is 6.86. The second-order valence-electron chi connectivity index (χ2n) is 6.45. The van der Waals surface area contributed by atoms with E-state index < -0.39 is 0 Å². The zero-order chi connectivity index (χ0) is 17.6. The van der Waals surface area contributed by atoms with Crippen LogP contribution in [0.15, 0.2) is 48.5 Å². The van der Waals surface area contributed by atoms with Crippen LogP contribution in [-0.4, -0.2) is 23.9 Å². The molecule has 0 bridgehead atoms. The minimum Gasteiger partial charge on any atom is -0.352 e. The fraction of sp³-hybridized carbons (Fsp3) is 0.350. The Morgan fingerprint density at radius 2 is 1.72 bits per heavy atom. The number of hydrogen-bond donors (Lipinski definition) is 1. The van der Waals surface area contributed by atoms with Gasteiger partial charge >= 0.3 is 0 Å². The van der Waals surface area contributed by atoms with Crippen molar-refractivity contribution in [3.05, 3.63) is 70.5 Å². The highest BCUT2D eigenvalue weighted by molar-refractivity contribution is 6.31. The van der Waals surface area contributed by atoms with Crippen LogP contribution in [0.5, 0.6) is 0 Å². The molecular weight excluding hydrogens is 339 g/mol. The van der Waals surface area contributed by atoms with Crippen LogP contribution < -0.4 is 5.32 Å². The van der Waals surface area contributed by atoms with Crippen molar-refractivity contribution in [2.75, 3.05) is 13.1 Å². The van der Waals surface area contributed by atoms with Crippen molar-refractivity contribution < 1.29 is 9.18 Å². The lowest BCUT2D eigenvalue weighted by Crippen LogP contribution is -2.40. The molecule has 0 aromatic heterocycles. The summed E-state index contributed by atoms with van der Waals surface area (Å²) in [4.78, 5) is 14.6. The molecule has 5 heteroatoms. The Balaban J connectivity index is 1.46. The summed E-state index contributed by atoms with van der Waals surface area (Å²) in [6.45, 7) is 2.66. The largest absolute Gasteiger partial charge is 0.352 e. The summed E-state index contributed by atoms with van der Waals surface area (Å²) in [6, 6.07) is 14.4. The van der Waals surface area contributed by atoms with Crippen molar-refractivity contribution in [3.8, 4) is 0 Å². The van der Waals surface area contributed by atoms with Gasteiger partial charge in [0.1, 0.15) is 5.82 Å². The third-order valence-corrected chi connectivity index (χ3v) is 5.09. The molecule has 0 atom stereocenters. The fourth-order valence-corrected chi connectivity index (χ4v) is 3.39. The van der Waals surface area contributed by atoms with Gasteiger partial charge in [0.25, 0.3) is 0 Å². The molecule has 2 aromatic carbocycles. The molecular formula is C20H22ClFN2O. The number of carbonyl (C=O) groups excluding carboxylic acids is 1. The van der Waals surface area contributed by atoms with Gasteiger partial charge in [-0.3, -0.25) is 9.69 Å². The number of likely N-dealkylation sites (tertiary alicyclic amines) is 1. The first kappa shape index (κ1) is 17.9. The maximum atomic E-state index is 13.7. The van der Waals surface area contributed by atoms with E-state index in [2.05, 4.69) is 10.2 Å². The lowest BCUT2D eigenvalue weighted by atomic mass is 9.95. The Hall–Kier alpha value is -1.91. The van der Waals surface area contributed by atoms with E-state index in [9.17, 15) is 9.18 Å². The highest BCUT2D eigenvalue weighted by Gasteiger charge is 2.25. The summed E-state index contributed by atoms with van der Waals surface area (Å²) in [5.41, 5.74) is 1.64. The second kappa shape index (κ2) is 8.45. The van der Waals surface area contributed by atoms with Crippen molar-refractivity contribution in [3.63, 3.8) is 0 Å². The quantitative estimate of drug-likeness (QED) is 0.873. The smallest absolute Gasteiger partial charge is 0.223 e. The standard InChI is InChI=1S/C20H22ClFN2O/c21-18-7-3-1-5-16(18)13-23-20(25)15-9-11-24(12-10-15)14-17-6-2-4-8-19(17)22/h1-8,15H,9-14H2,(H,23,25). The summed E-state index contributed by atoms with van der Waals surface area (Å²) < 4.78 is 13.7. The van der Waals surface area contributed by atoms with E-state index in [-0.39, 0.29) is 17.6 Å². The summed E-state index contributed by atoms with van der Waals surface area (Å²) in [7, 11) is 0. The molecule has 0 saturated carbocycles. The maximum absolute atomic E-state index is 13.7. The zero-order valence-electron chi connectivity index (χ0n) is 14.1. The number of carbonyl (C=O) groups is 1. The van der Waals surface area contributed by atoms with Gasteiger partial charge < -0.3 is 5.32 Å². The fourth-order valence-electron chi connectivity index (χ4n) is 3.19. The minimum absolute atomic E-state index is 0.0133. The predicted molar refractivity (Wildman–Crippen MR) is 97.7 cm³/mol. The molecule has 1 amide bonds. The Bertz CT molecular complexity index is 729. The number of amides is 1. The first-order valence-corrected chi connectivity index (χ1v) is 8.98. The molecule has 3 nitrogen and oxygen atoms in total. The molecule has 3 rings (SSSR count). The first-order chi connectivity index (χ1) is 12.1. The van der Waals surface area contributed by atoms with Crippen molar-refractivity contribution in [2.24, 2.45) is 5.92 Å². The van der Waals surface area contributed by atoms with E-state index in [0.29, 0.717) is 23.7 Å². The van der Waals surface area contributed by atoms with Crippen LogP contribution in [0.3, 0.4) is 0 Å². The molecule has 1 aliphatic heterocycles. The van der Waals surface area contributed by atoms with Gasteiger partial charge in [-0.05, 0) is 43.6 Å². The lowest BCUT2D eigenvalue weighted by Gasteiger charge is -2.31. The Morgan fingerprint density at radius 1 is 1.08 bits per heavy atom. The van der Waals surface area contributed by atoms with E-state index >= 15 is 0 Å². The van der Waals surface area contributed by atoms with E-state index in [1.54, 1.807) is 6.07 Å². The van der Waals surface area contributed by atoms with Gasteiger partial charge in [0, 0.05) is 29.6 Å². The van der Waals surface area contributed by atoms with E-state index in [4.69, 9.17) is 11.6 Å². The number of nitrogens with one attached hydrogen (secondary N) is 1. The molecule has 1 aliphatic rings. The van der Waals surface area contributed by atoms with Crippen LogP contribution in [0, 0.1) is 11.7 Å². The molecule has 2 aromatic rings. The van der Waals surface area contributed by atoms with Crippen molar-refractivity contribution in [1.29, 1.82) is 0 Å². The molecule has 1 heterocycles. The highest BCUT2D eigenvalue weighted by atomic mass is 35.5. The summed E-state index contributed by atoms with van der Waals surface area (Å²) in [5.74, 6) is -0.0769. The average molecular weight is 361 g/mol. The van der Waals surface area contributed by atoms with E-state index in [0.717, 1.165) is 31.5 Å². The average Bonchev–Trinajstić information content (AvgIpc) is 2.63. The number of nitrogens with zero attached hydrogens (tertiary/aromatic N) is 1. The summed E-state index contributed by atoms with van der Waals surface area (Å²) in [6.07, 6.45) is 1.59. The third-order valence-electron chi connectivity index (χ3n) is 4.72. The lowest BCUT2D eigenvalue weighted by molar-refractivity contribution is -0.126. The van der Waals surface area contributed by atoms with Gasteiger partial charge in [-0.15, -0.1) is 0 Å². The first-order valence-electron chi connectivity index (χ1n) is 8.60. The molecule has 0 spiro atoms. The topological polar surface area (TPSA) is 32.3 Å². The Labute approximate surface area is 152 Å². The van der Waals surface area contributed by atoms with Crippen LogP contribution in [0.2, 0.25) is 5.02 Å². The molecule has 0 aliphatic carbocycles. The van der Waals surface area contributed by atoms with Crippen molar-refractivity contribution >= 4 is 17.5 Å². The predicted octanol–water partition coefficient (Wildman–Crippen LogP) is 4.01. The zero-order valence-corrected chi connectivity index (χ0v) is 14.8. The monoisotopic (exact) mass is 360 g/mol. The molecule has 1 saturated heterocycles. The number of hydrogen-bond acceptors (Lipinski definition) is 2. The van der Waals surface area contributed by atoms with Gasteiger partial charge in [-0.2, -0.15) is 0 Å². The van der Waals surface area contributed by atoms with E-state index in [1.165, 1.54) is 6.07 Å². The third kappa shape index (κ3) is 4.80. The molecule has 25 heavy (non-hydrogen) atoms.